The topological polar surface area (TPSA) is 80.6 Å². The fraction of sp³-hybridized carbons (Fsp3) is 0.333. The van der Waals surface area contributed by atoms with Crippen molar-refractivity contribution in [2.75, 3.05) is 6.61 Å². The summed E-state index contributed by atoms with van der Waals surface area (Å²) in [6.07, 6.45) is 2.72. The second-order valence-electron chi connectivity index (χ2n) is 7.68. The molecule has 2 aromatic carbocycles. The van der Waals surface area contributed by atoms with E-state index in [0.29, 0.717) is 18.6 Å². The van der Waals surface area contributed by atoms with Crippen molar-refractivity contribution in [3.63, 3.8) is 0 Å². The SMILES string of the molecule is CCC(C(=O)O)n1c2c(c3ccccc31)CC(NC(=O)COc1ccccc1)CC2. The van der Waals surface area contributed by atoms with Crippen LogP contribution in [0.3, 0.4) is 0 Å². The zero-order chi connectivity index (χ0) is 21.1. The number of para-hydroxylation sites is 2. The highest BCUT2D eigenvalue weighted by atomic mass is 16.5. The average molecular weight is 406 g/mol. The summed E-state index contributed by atoms with van der Waals surface area (Å²) < 4.78 is 7.53. The maximum absolute atomic E-state index is 12.4. The number of carboxylic acids is 1. The van der Waals surface area contributed by atoms with Gasteiger partial charge >= 0.3 is 5.97 Å². The van der Waals surface area contributed by atoms with Crippen molar-refractivity contribution >= 4 is 22.8 Å². The molecule has 0 fully saturated rings. The van der Waals surface area contributed by atoms with Gasteiger partial charge in [-0.2, -0.15) is 0 Å². The molecule has 2 N–H and O–H groups in total. The van der Waals surface area contributed by atoms with Gasteiger partial charge in [0.2, 0.25) is 0 Å². The first-order chi connectivity index (χ1) is 14.6. The Morgan fingerprint density at radius 1 is 1.17 bits per heavy atom. The summed E-state index contributed by atoms with van der Waals surface area (Å²) in [6, 6.07) is 16.7. The number of nitrogens with zero attached hydrogens (tertiary/aromatic N) is 1. The Bertz CT molecular complexity index is 1060. The molecule has 1 aliphatic rings. The van der Waals surface area contributed by atoms with Crippen molar-refractivity contribution in [3.8, 4) is 5.75 Å². The number of ether oxygens (including phenoxy) is 1. The Morgan fingerprint density at radius 2 is 1.90 bits per heavy atom. The Labute approximate surface area is 175 Å². The number of nitrogens with one attached hydrogen (secondary N) is 1. The second kappa shape index (κ2) is 8.61. The summed E-state index contributed by atoms with van der Waals surface area (Å²) in [7, 11) is 0. The van der Waals surface area contributed by atoms with E-state index in [1.165, 1.54) is 0 Å². The standard InChI is InChI=1S/C24H26N2O4/c1-2-20(24(28)29)26-21-11-7-6-10-18(21)19-14-16(12-13-22(19)26)25-23(27)15-30-17-8-4-3-5-9-17/h3-11,16,20H,2,12-15H2,1H3,(H,25,27)(H,28,29). The van der Waals surface area contributed by atoms with Crippen LogP contribution in [-0.4, -0.2) is 34.2 Å². The van der Waals surface area contributed by atoms with Crippen LogP contribution in [0, 0.1) is 0 Å². The lowest BCUT2D eigenvalue weighted by atomic mass is 9.91. The largest absolute Gasteiger partial charge is 0.484 e. The lowest BCUT2D eigenvalue weighted by Gasteiger charge is -2.26. The molecule has 1 aromatic heterocycles. The Hall–Kier alpha value is -3.28. The average Bonchev–Trinajstić information content (AvgIpc) is 3.07. The van der Waals surface area contributed by atoms with Gasteiger partial charge in [-0.15, -0.1) is 0 Å². The highest BCUT2D eigenvalue weighted by Gasteiger charge is 2.30. The highest BCUT2D eigenvalue weighted by molar-refractivity contribution is 5.88. The van der Waals surface area contributed by atoms with Gasteiger partial charge in [-0.25, -0.2) is 4.79 Å². The van der Waals surface area contributed by atoms with E-state index in [9.17, 15) is 14.7 Å². The van der Waals surface area contributed by atoms with E-state index >= 15 is 0 Å². The molecule has 0 saturated heterocycles. The summed E-state index contributed by atoms with van der Waals surface area (Å²) in [5, 5.41) is 13.9. The van der Waals surface area contributed by atoms with E-state index in [0.717, 1.165) is 35.0 Å². The van der Waals surface area contributed by atoms with Gasteiger partial charge in [0.05, 0.1) is 0 Å². The first-order valence-electron chi connectivity index (χ1n) is 10.4. The summed E-state index contributed by atoms with van der Waals surface area (Å²) in [6.45, 7) is 1.88. The Balaban J connectivity index is 1.52. The summed E-state index contributed by atoms with van der Waals surface area (Å²) in [5.41, 5.74) is 3.18. The predicted octanol–water partition coefficient (Wildman–Crippen LogP) is 3.73. The van der Waals surface area contributed by atoms with Gasteiger partial charge in [-0.3, -0.25) is 4.79 Å². The summed E-state index contributed by atoms with van der Waals surface area (Å²) in [4.78, 5) is 24.3. The minimum Gasteiger partial charge on any atom is -0.484 e. The molecule has 6 nitrogen and oxygen atoms in total. The number of rotatable bonds is 7. The van der Waals surface area contributed by atoms with Crippen LogP contribution in [0.2, 0.25) is 0 Å². The third-order valence-corrected chi connectivity index (χ3v) is 5.77. The van der Waals surface area contributed by atoms with E-state index in [-0.39, 0.29) is 18.6 Å². The van der Waals surface area contributed by atoms with Crippen molar-refractivity contribution in [2.24, 2.45) is 0 Å². The van der Waals surface area contributed by atoms with Gasteiger partial charge in [-0.05, 0) is 49.4 Å². The zero-order valence-electron chi connectivity index (χ0n) is 17.0. The molecule has 1 amide bonds. The van der Waals surface area contributed by atoms with Crippen molar-refractivity contribution in [2.45, 2.75) is 44.7 Å². The van der Waals surface area contributed by atoms with Crippen LogP contribution >= 0.6 is 0 Å². The van der Waals surface area contributed by atoms with Gasteiger partial charge in [0, 0.05) is 22.6 Å². The number of hydrogen-bond acceptors (Lipinski definition) is 3. The van der Waals surface area contributed by atoms with E-state index in [2.05, 4.69) is 5.32 Å². The minimum atomic E-state index is -0.811. The molecule has 1 aliphatic carbocycles. The molecule has 0 radical (unpaired) electrons. The molecule has 1 heterocycles. The third kappa shape index (κ3) is 3.90. The van der Waals surface area contributed by atoms with Crippen LogP contribution in [0.4, 0.5) is 0 Å². The molecule has 3 aromatic rings. The lowest BCUT2D eigenvalue weighted by molar-refractivity contribution is -0.141. The van der Waals surface area contributed by atoms with Gasteiger partial charge in [0.25, 0.3) is 5.91 Å². The fourth-order valence-corrected chi connectivity index (χ4v) is 4.43. The molecule has 30 heavy (non-hydrogen) atoms. The van der Waals surface area contributed by atoms with Gasteiger partial charge in [0.1, 0.15) is 11.8 Å². The number of aromatic nitrogens is 1. The summed E-state index contributed by atoms with van der Waals surface area (Å²) >= 11 is 0. The van der Waals surface area contributed by atoms with Crippen LogP contribution in [0.1, 0.15) is 37.1 Å². The third-order valence-electron chi connectivity index (χ3n) is 5.77. The maximum atomic E-state index is 12.4. The molecule has 0 spiro atoms. The molecular formula is C24H26N2O4. The van der Waals surface area contributed by atoms with Gasteiger partial charge < -0.3 is 19.7 Å². The zero-order valence-corrected chi connectivity index (χ0v) is 17.0. The van der Waals surface area contributed by atoms with Crippen molar-refractivity contribution in [1.29, 1.82) is 0 Å². The van der Waals surface area contributed by atoms with Gasteiger partial charge in [0.15, 0.2) is 6.61 Å². The molecule has 156 valence electrons. The molecule has 6 heteroatoms. The van der Waals surface area contributed by atoms with Gasteiger partial charge in [-0.1, -0.05) is 43.3 Å². The second-order valence-corrected chi connectivity index (χ2v) is 7.68. The minimum absolute atomic E-state index is 0.00790. The Kier molecular flexibility index (Phi) is 5.74. The quantitative estimate of drug-likeness (QED) is 0.627. The summed E-state index contributed by atoms with van der Waals surface area (Å²) in [5.74, 6) is -0.288. The van der Waals surface area contributed by atoms with Crippen LogP contribution < -0.4 is 10.1 Å². The number of aliphatic carboxylic acids is 1. The van der Waals surface area contributed by atoms with E-state index in [1.807, 2.05) is 66.1 Å². The number of carbonyl (C=O) groups excluding carboxylic acids is 1. The van der Waals surface area contributed by atoms with Crippen LogP contribution in [0.15, 0.2) is 54.6 Å². The number of hydrogen-bond donors (Lipinski definition) is 2. The number of fused-ring (bicyclic) bond motifs is 3. The number of amides is 1. The smallest absolute Gasteiger partial charge is 0.326 e. The Morgan fingerprint density at radius 3 is 2.63 bits per heavy atom. The van der Waals surface area contributed by atoms with Crippen molar-refractivity contribution in [3.05, 3.63) is 65.9 Å². The number of benzene rings is 2. The first-order valence-corrected chi connectivity index (χ1v) is 10.4. The van der Waals surface area contributed by atoms with Crippen LogP contribution in [-0.2, 0) is 22.4 Å². The molecule has 4 rings (SSSR count). The van der Waals surface area contributed by atoms with Crippen LogP contribution in [0.25, 0.3) is 10.9 Å². The monoisotopic (exact) mass is 406 g/mol. The predicted molar refractivity (Wildman–Crippen MR) is 115 cm³/mol. The van der Waals surface area contributed by atoms with E-state index in [1.54, 1.807) is 0 Å². The normalized spacial score (nSPS) is 16.6. The molecule has 0 aliphatic heterocycles. The number of carboxylic acid groups (broad SMARTS) is 1. The van der Waals surface area contributed by atoms with E-state index < -0.39 is 12.0 Å². The molecular weight excluding hydrogens is 380 g/mol. The van der Waals surface area contributed by atoms with E-state index in [4.69, 9.17) is 4.74 Å². The van der Waals surface area contributed by atoms with Crippen molar-refractivity contribution < 1.29 is 19.4 Å². The first kappa shape index (κ1) is 20.0. The fourth-order valence-electron chi connectivity index (χ4n) is 4.43. The maximum Gasteiger partial charge on any atom is 0.326 e. The highest BCUT2D eigenvalue weighted by Crippen LogP contribution is 2.35. The molecule has 0 saturated carbocycles. The molecule has 0 bridgehead atoms. The molecule has 2 atom stereocenters. The lowest BCUT2D eigenvalue weighted by Crippen LogP contribution is -2.41. The molecule has 2 unspecified atom stereocenters. The number of carbonyl (C=O) groups is 2. The van der Waals surface area contributed by atoms with Crippen LogP contribution in [0.5, 0.6) is 5.75 Å². The van der Waals surface area contributed by atoms with Crippen molar-refractivity contribution in [1.82, 2.24) is 9.88 Å².